The van der Waals surface area contributed by atoms with Crippen LogP contribution in [-0.4, -0.2) is 10.5 Å². The Balaban J connectivity index is 1.80. The number of amides is 1. The van der Waals surface area contributed by atoms with Gasteiger partial charge in [-0.2, -0.15) is 0 Å². The van der Waals surface area contributed by atoms with Crippen LogP contribution >= 0.6 is 34.8 Å². The molecule has 0 radical (unpaired) electrons. The zero-order chi connectivity index (χ0) is 22.4. The monoisotopic (exact) mass is 478 g/mol. The summed E-state index contributed by atoms with van der Waals surface area (Å²) in [7, 11) is 0. The van der Waals surface area contributed by atoms with Crippen LogP contribution in [0.2, 0.25) is 15.1 Å². The molecule has 0 fully saturated rings. The van der Waals surface area contributed by atoms with E-state index in [2.05, 4.69) is 10.6 Å². The Morgan fingerprint density at radius 3 is 2.22 bits per heavy atom. The molecule has 0 saturated heterocycles. The zero-order valence-corrected chi connectivity index (χ0v) is 19.0. The quantitative estimate of drug-likeness (QED) is 0.284. The molecule has 2 N–H and O–H groups in total. The summed E-state index contributed by atoms with van der Waals surface area (Å²) < 4.78 is 2.16. The van der Waals surface area contributed by atoms with Crippen LogP contribution in [-0.2, 0) is 6.54 Å². The first-order chi connectivity index (χ1) is 15.4. The molecule has 0 atom stereocenters. The minimum atomic E-state index is -0.457. The number of primary amides is 1. The second-order valence-electron chi connectivity index (χ2n) is 7.62. The Bertz CT molecular complexity index is 1500. The lowest BCUT2D eigenvalue weighted by Crippen LogP contribution is -2.11. The normalized spacial score (nSPS) is 11.3. The van der Waals surface area contributed by atoms with Gasteiger partial charge in [-0.15, -0.1) is 0 Å². The summed E-state index contributed by atoms with van der Waals surface area (Å²) in [6.07, 6.45) is 0. The van der Waals surface area contributed by atoms with Crippen molar-refractivity contribution in [1.82, 2.24) is 4.57 Å². The molecule has 3 nitrogen and oxygen atoms in total. The van der Waals surface area contributed by atoms with Crippen LogP contribution in [0.25, 0.3) is 32.9 Å². The summed E-state index contributed by atoms with van der Waals surface area (Å²) in [5.41, 5.74) is 11.1. The Labute approximate surface area is 199 Å². The van der Waals surface area contributed by atoms with E-state index in [1.165, 1.54) is 0 Å². The average molecular weight is 480 g/mol. The lowest BCUT2D eigenvalue weighted by molar-refractivity contribution is 0.100. The Hall–Kier alpha value is -2.98. The molecule has 0 spiro atoms. The smallest absolute Gasteiger partial charge is 0.249 e. The molecule has 1 amide bonds. The van der Waals surface area contributed by atoms with Gasteiger partial charge in [-0.1, -0.05) is 71.2 Å². The number of nitrogens with two attached hydrogens (primary N) is 1. The van der Waals surface area contributed by atoms with Crippen molar-refractivity contribution in [2.75, 3.05) is 0 Å². The van der Waals surface area contributed by atoms with Crippen LogP contribution in [0.5, 0.6) is 0 Å². The van der Waals surface area contributed by atoms with Crippen molar-refractivity contribution in [1.29, 1.82) is 0 Å². The van der Waals surface area contributed by atoms with Crippen LogP contribution in [0.3, 0.4) is 0 Å². The highest BCUT2D eigenvalue weighted by atomic mass is 35.5. The van der Waals surface area contributed by atoms with Crippen molar-refractivity contribution < 1.29 is 4.79 Å². The highest BCUT2D eigenvalue weighted by Gasteiger charge is 2.18. The number of carbonyl (C=O) groups is 1. The summed E-state index contributed by atoms with van der Waals surface area (Å²) in [5.74, 6) is -0.457. The number of fused-ring (bicyclic) bond motifs is 3. The summed E-state index contributed by atoms with van der Waals surface area (Å²) in [6, 6.07) is 25.0. The maximum atomic E-state index is 12.2. The van der Waals surface area contributed by atoms with E-state index in [0.29, 0.717) is 27.2 Å². The molecule has 0 bridgehead atoms. The number of nitrogens with zero attached hydrogens (tertiary/aromatic N) is 1. The average Bonchev–Trinajstić information content (AvgIpc) is 3.09. The molecule has 0 aliphatic rings. The first-order valence-corrected chi connectivity index (χ1v) is 11.1. The summed E-state index contributed by atoms with van der Waals surface area (Å²) in [5, 5.41) is 3.65. The van der Waals surface area contributed by atoms with Crippen LogP contribution in [0.1, 0.15) is 15.9 Å². The van der Waals surface area contributed by atoms with E-state index in [0.717, 1.165) is 38.5 Å². The molecule has 1 heterocycles. The molecule has 0 aliphatic heterocycles. The lowest BCUT2D eigenvalue weighted by Gasteiger charge is -2.11. The number of hydrogen-bond acceptors (Lipinski definition) is 1. The summed E-state index contributed by atoms with van der Waals surface area (Å²) in [4.78, 5) is 12.2. The van der Waals surface area contributed by atoms with Gasteiger partial charge in [0.2, 0.25) is 5.91 Å². The standard InChI is InChI=1S/C26H17Cl3N2O/c27-18-8-4-15(5-9-18)16-7-11-20-24(12-16)31(14-17-6-10-19(28)13-22(17)29)23-3-1-2-21(25(20)23)26(30)32/h1-13H,14H2,(H2,30,32). The van der Waals surface area contributed by atoms with E-state index in [9.17, 15) is 4.79 Å². The predicted octanol–water partition coefficient (Wildman–Crippen LogP) is 7.57. The molecular weight excluding hydrogens is 463 g/mol. The maximum Gasteiger partial charge on any atom is 0.249 e. The lowest BCUT2D eigenvalue weighted by atomic mass is 10.0. The fourth-order valence-corrected chi connectivity index (χ4v) is 4.76. The van der Waals surface area contributed by atoms with E-state index < -0.39 is 5.91 Å². The minimum Gasteiger partial charge on any atom is -0.366 e. The van der Waals surface area contributed by atoms with Gasteiger partial charge in [0, 0.05) is 37.9 Å². The van der Waals surface area contributed by atoms with Crippen LogP contribution in [0.4, 0.5) is 0 Å². The van der Waals surface area contributed by atoms with Crippen molar-refractivity contribution >= 4 is 62.5 Å². The number of halogens is 3. The SMILES string of the molecule is NC(=O)c1cccc2c1c1ccc(-c3ccc(Cl)cc3)cc1n2Cc1ccc(Cl)cc1Cl. The fourth-order valence-electron chi connectivity index (χ4n) is 4.16. The first-order valence-electron chi connectivity index (χ1n) is 9.97. The number of benzene rings is 4. The molecule has 32 heavy (non-hydrogen) atoms. The molecule has 158 valence electrons. The van der Waals surface area contributed by atoms with Gasteiger partial charge in [0.15, 0.2) is 0 Å². The first kappa shape index (κ1) is 20.9. The van der Waals surface area contributed by atoms with Crippen molar-refractivity contribution in [2.24, 2.45) is 5.73 Å². The topological polar surface area (TPSA) is 48.0 Å². The Morgan fingerprint density at radius 2 is 1.50 bits per heavy atom. The van der Waals surface area contributed by atoms with Gasteiger partial charge >= 0.3 is 0 Å². The van der Waals surface area contributed by atoms with Gasteiger partial charge in [-0.3, -0.25) is 4.79 Å². The van der Waals surface area contributed by atoms with Gasteiger partial charge in [0.1, 0.15) is 0 Å². The molecule has 0 saturated carbocycles. The molecule has 1 aromatic heterocycles. The molecule has 4 aromatic carbocycles. The Kier molecular flexibility index (Phi) is 5.34. The summed E-state index contributed by atoms with van der Waals surface area (Å²) in [6.45, 7) is 0.516. The van der Waals surface area contributed by atoms with Gasteiger partial charge in [-0.25, -0.2) is 0 Å². The van der Waals surface area contributed by atoms with E-state index in [-0.39, 0.29) is 0 Å². The largest absolute Gasteiger partial charge is 0.366 e. The van der Waals surface area contributed by atoms with Gasteiger partial charge in [0.25, 0.3) is 0 Å². The van der Waals surface area contributed by atoms with E-state index in [1.807, 2.05) is 60.7 Å². The molecule has 0 unspecified atom stereocenters. The van der Waals surface area contributed by atoms with E-state index in [1.54, 1.807) is 12.1 Å². The molecule has 5 aromatic rings. The highest BCUT2D eigenvalue weighted by Crippen LogP contribution is 2.36. The highest BCUT2D eigenvalue weighted by molar-refractivity contribution is 6.35. The van der Waals surface area contributed by atoms with Gasteiger partial charge < -0.3 is 10.3 Å². The molecular formula is C26H17Cl3N2O. The van der Waals surface area contributed by atoms with Crippen molar-refractivity contribution in [3.8, 4) is 11.1 Å². The van der Waals surface area contributed by atoms with Crippen molar-refractivity contribution in [2.45, 2.75) is 6.54 Å². The predicted molar refractivity (Wildman–Crippen MR) is 134 cm³/mol. The number of rotatable bonds is 4. The molecule has 5 rings (SSSR count). The van der Waals surface area contributed by atoms with Gasteiger partial charge in [-0.05, 0) is 59.2 Å². The number of hydrogen-bond donors (Lipinski definition) is 1. The second-order valence-corrected chi connectivity index (χ2v) is 8.90. The van der Waals surface area contributed by atoms with Crippen LogP contribution < -0.4 is 5.73 Å². The van der Waals surface area contributed by atoms with E-state index >= 15 is 0 Å². The van der Waals surface area contributed by atoms with Crippen LogP contribution in [0, 0.1) is 0 Å². The van der Waals surface area contributed by atoms with Gasteiger partial charge in [0.05, 0.1) is 11.0 Å². The molecule has 6 heteroatoms. The number of carbonyl (C=O) groups excluding carboxylic acids is 1. The number of aromatic nitrogens is 1. The zero-order valence-electron chi connectivity index (χ0n) is 16.8. The minimum absolute atomic E-state index is 0.457. The van der Waals surface area contributed by atoms with Crippen molar-refractivity contribution in [3.05, 3.63) is 105 Å². The Morgan fingerprint density at radius 1 is 0.781 bits per heavy atom. The molecule has 0 aliphatic carbocycles. The van der Waals surface area contributed by atoms with E-state index in [4.69, 9.17) is 40.5 Å². The van der Waals surface area contributed by atoms with Crippen molar-refractivity contribution in [3.63, 3.8) is 0 Å². The maximum absolute atomic E-state index is 12.2. The third kappa shape index (κ3) is 3.63. The third-order valence-corrected chi connectivity index (χ3v) is 6.52. The second kappa shape index (κ2) is 8.18. The fraction of sp³-hybridized carbons (Fsp3) is 0.0385. The third-order valence-electron chi connectivity index (χ3n) is 5.68. The van der Waals surface area contributed by atoms with Crippen LogP contribution in [0.15, 0.2) is 78.9 Å². The summed E-state index contributed by atoms with van der Waals surface area (Å²) >= 11 is 18.6.